The summed E-state index contributed by atoms with van der Waals surface area (Å²) in [7, 11) is 0. The molecular formula is C23H23F3N6O3S. The van der Waals surface area contributed by atoms with Crippen molar-refractivity contribution in [1.82, 2.24) is 20.6 Å². The predicted molar refractivity (Wildman–Crippen MR) is 128 cm³/mol. The van der Waals surface area contributed by atoms with Gasteiger partial charge in [-0.15, -0.1) is 11.3 Å². The second-order valence-corrected chi connectivity index (χ2v) is 9.63. The van der Waals surface area contributed by atoms with Crippen LogP contribution in [0.3, 0.4) is 0 Å². The summed E-state index contributed by atoms with van der Waals surface area (Å²) in [5, 5.41) is 25.9. The van der Waals surface area contributed by atoms with Gasteiger partial charge in [0, 0.05) is 34.6 Å². The summed E-state index contributed by atoms with van der Waals surface area (Å²) >= 11 is 0.974. The number of aromatic nitrogens is 2. The van der Waals surface area contributed by atoms with E-state index in [1.807, 2.05) is 0 Å². The van der Waals surface area contributed by atoms with Gasteiger partial charge in [-0.2, -0.15) is 0 Å². The highest BCUT2D eigenvalue weighted by Gasteiger charge is 2.29. The van der Waals surface area contributed by atoms with Gasteiger partial charge < -0.3 is 25.8 Å². The van der Waals surface area contributed by atoms with Crippen molar-refractivity contribution in [2.24, 2.45) is 9.98 Å². The number of H-pyrrole nitrogens is 1. The van der Waals surface area contributed by atoms with Gasteiger partial charge in [-0.1, -0.05) is 0 Å². The number of fused-ring (bicyclic) bond motifs is 1. The first-order valence-corrected chi connectivity index (χ1v) is 12.3. The number of rotatable bonds is 5. The van der Waals surface area contributed by atoms with Gasteiger partial charge in [-0.05, 0) is 31.7 Å². The zero-order valence-electron chi connectivity index (χ0n) is 18.8. The number of thiazole rings is 1. The number of amidine groups is 2. The number of hydrogen-bond donors (Lipinski definition) is 5. The number of benzene rings is 1. The highest BCUT2D eigenvalue weighted by atomic mass is 32.1. The van der Waals surface area contributed by atoms with E-state index in [9.17, 15) is 28.2 Å². The van der Waals surface area contributed by atoms with Gasteiger partial charge in [0.1, 0.15) is 34.0 Å². The number of carbonyl (C=O) groups is 1. The molecule has 0 radical (unpaired) electrons. The van der Waals surface area contributed by atoms with Crippen molar-refractivity contribution in [3.05, 3.63) is 51.6 Å². The third-order valence-electron chi connectivity index (χ3n) is 6.19. The van der Waals surface area contributed by atoms with Crippen molar-refractivity contribution in [3.8, 4) is 0 Å². The molecule has 190 valence electrons. The van der Waals surface area contributed by atoms with Crippen LogP contribution in [0.5, 0.6) is 0 Å². The van der Waals surface area contributed by atoms with Gasteiger partial charge in [-0.3, -0.25) is 14.8 Å². The minimum Gasteiger partial charge on any atom is -0.363 e. The van der Waals surface area contributed by atoms with E-state index in [4.69, 9.17) is 0 Å². The molecule has 1 aliphatic carbocycles. The molecule has 1 amide bonds. The van der Waals surface area contributed by atoms with Crippen LogP contribution in [-0.4, -0.2) is 62.6 Å². The monoisotopic (exact) mass is 520 g/mol. The maximum atomic E-state index is 14.7. The average Bonchev–Trinajstić information content (AvgIpc) is 3.49. The van der Waals surface area contributed by atoms with Crippen molar-refractivity contribution in [1.29, 1.82) is 0 Å². The van der Waals surface area contributed by atoms with E-state index in [0.29, 0.717) is 18.4 Å². The van der Waals surface area contributed by atoms with Crippen molar-refractivity contribution >= 4 is 39.8 Å². The summed E-state index contributed by atoms with van der Waals surface area (Å²) in [6.07, 6.45) is 0.971. The molecule has 0 bridgehead atoms. The van der Waals surface area contributed by atoms with Crippen molar-refractivity contribution in [3.63, 3.8) is 0 Å². The topological polar surface area (TPSA) is 135 Å². The van der Waals surface area contributed by atoms with Crippen LogP contribution in [0.4, 0.5) is 13.2 Å². The smallest absolute Gasteiger partial charge is 0.270 e. The summed E-state index contributed by atoms with van der Waals surface area (Å²) in [6.45, 7) is -0.179. The number of alkyl halides is 1. The van der Waals surface area contributed by atoms with Crippen LogP contribution in [0.25, 0.3) is 10.9 Å². The van der Waals surface area contributed by atoms with Gasteiger partial charge in [0.05, 0.1) is 18.1 Å². The number of aliphatic hydroxyl groups is 2. The summed E-state index contributed by atoms with van der Waals surface area (Å²) < 4.78 is 42.6. The number of nitrogens with one attached hydrogen (secondary N) is 3. The molecule has 5 N–H and O–H groups in total. The first kappa shape index (κ1) is 24.4. The Hall–Kier alpha value is -3.29. The van der Waals surface area contributed by atoms with Crippen molar-refractivity contribution in [2.75, 3.05) is 6.54 Å². The van der Waals surface area contributed by atoms with E-state index in [1.54, 1.807) is 0 Å². The largest absolute Gasteiger partial charge is 0.363 e. The second-order valence-electron chi connectivity index (χ2n) is 8.74. The number of aliphatic hydroxyl groups excluding tert-OH is 1. The molecule has 0 saturated heterocycles. The van der Waals surface area contributed by atoms with Crippen LogP contribution in [0.15, 0.2) is 33.7 Å². The molecule has 9 nitrogen and oxygen atoms in total. The number of halogens is 3. The normalized spacial score (nSPS) is 23.7. The SMILES string of the molecule is O=C(N[C@@H]1CCC[C@H](N=C2NC(c3c[nH]c4c(F)cc(F)cc34)=NC[C@H]2F)C1)c1csc(C(O)O)n1. The highest BCUT2D eigenvalue weighted by Crippen LogP contribution is 2.25. The maximum absolute atomic E-state index is 14.7. The lowest BCUT2D eigenvalue weighted by molar-refractivity contribution is -0.0426. The Kier molecular flexibility index (Phi) is 6.77. The molecule has 3 atom stereocenters. The van der Waals surface area contributed by atoms with Gasteiger partial charge >= 0.3 is 0 Å². The minimum atomic E-state index is -1.74. The Bertz CT molecular complexity index is 1350. The van der Waals surface area contributed by atoms with Gasteiger partial charge in [0.25, 0.3) is 5.91 Å². The highest BCUT2D eigenvalue weighted by molar-refractivity contribution is 7.09. The van der Waals surface area contributed by atoms with E-state index in [-0.39, 0.29) is 51.9 Å². The standard InChI is InChI=1S/C23H23F3N6O3S/c24-10-4-13-14(7-27-18(13)15(25)5-10)19-28-8-16(26)20(32-19)29-11-2-1-3-12(6-11)30-21(33)17-9-36-22(31-17)23(34)35/h4-5,7,9,11-12,16,23,27,34-35H,1-3,6,8H2,(H,30,33)(H,28,29,32)/t11-,12+,16+/m0/s1. The fraction of sp³-hybridized carbons (Fsp3) is 0.391. The average molecular weight is 521 g/mol. The zero-order valence-corrected chi connectivity index (χ0v) is 19.7. The molecule has 1 saturated carbocycles. The molecule has 1 aliphatic heterocycles. The molecule has 5 rings (SSSR count). The van der Waals surface area contributed by atoms with Crippen LogP contribution in [-0.2, 0) is 0 Å². The molecule has 36 heavy (non-hydrogen) atoms. The Labute approximate surface area is 207 Å². The molecule has 1 fully saturated rings. The van der Waals surface area contributed by atoms with Crippen LogP contribution in [0.2, 0.25) is 0 Å². The van der Waals surface area contributed by atoms with Gasteiger partial charge in [0.15, 0.2) is 6.17 Å². The van der Waals surface area contributed by atoms with Crippen LogP contribution in [0.1, 0.15) is 53.0 Å². The first-order chi connectivity index (χ1) is 17.3. The van der Waals surface area contributed by atoms with Crippen LogP contribution < -0.4 is 10.6 Å². The van der Waals surface area contributed by atoms with E-state index >= 15 is 0 Å². The third kappa shape index (κ3) is 4.99. The summed E-state index contributed by atoms with van der Waals surface area (Å²) in [4.78, 5) is 28.0. The molecule has 0 unspecified atom stereocenters. The molecule has 0 spiro atoms. The Morgan fingerprint density at radius 2 is 2.11 bits per heavy atom. The molecular weight excluding hydrogens is 497 g/mol. The fourth-order valence-corrected chi connectivity index (χ4v) is 5.16. The van der Waals surface area contributed by atoms with E-state index in [2.05, 4.69) is 30.6 Å². The van der Waals surface area contributed by atoms with E-state index in [1.165, 1.54) is 17.6 Å². The fourth-order valence-electron chi connectivity index (χ4n) is 4.49. The molecule has 3 heterocycles. The molecule has 2 aliphatic rings. The second kappa shape index (κ2) is 9.99. The molecule has 2 aromatic heterocycles. The minimum absolute atomic E-state index is 0.0311. The Morgan fingerprint density at radius 3 is 2.89 bits per heavy atom. The number of aliphatic imine (C=N–C) groups is 2. The number of nitrogens with zero attached hydrogens (tertiary/aromatic N) is 3. The Balaban J connectivity index is 1.28. The molecule has 1 aromatic carbocycles. The summed E-state index contributed by atoms with van der Waals surface area (Å²) in [5.41, 5.74) is 0.637. The van der Waals surface area contributed by atoms with Crippen molar-refractivity contribution < 1.29 is 28.2 Å². The maximum Gasteiger partial charge on any atom is 0.270 e. The summed E-state index contributed by atoms with van der Waals surface area (Å²) in [5.74, 6) is -1.54. The quantitative estimate of drug-likeness (QED) is 0.330. The van der Waals surface area contributed by atoms with Crippen LogP contribution >= 0.6 is 11.3 Å². The Morgan fingerprint density at radius 1 is 1.28 bits per heavy atom. The predicted octanol–water partition coefficient (Wildman–Crippen LogP) is 2.71. The lowest BCUT2D eigenvalue weighted by Gasteiger charge is -2.29. The van der Waals surface area contributed by atoms with Crippen LogP contribution in [0, 0.1) is 11.6 Å². The molecule has 3 aromatic rings. The van der Waals surface area contributed by atoms with E-state index < -0.39 is 30.0 Å². The number of amides is 1. The first-order valence-electron chi connectivity index (χ1n) is 11.4. The number of hydrogen-bond acceptors (Lipinski definition) is 7. The van der Waals surface area contributed by atoms with E-state index in [0.717, 1.165) is 30.2 Å². The number of aromatic amines is 1. The van der Waals surface area contributed by atoms with Gasteiger partial charge in [0.2, 0.25) is 6.29 Å². The lowest BCUT2D eigenvalue weighted by atomic mass is 9.91. The number of carbonyl (C=O) groups excluding carboxylic acids is 1. The third-order valence-corrected chi connectivity index (χ3v) is 7.08. The zero-order chi connectivity index (χ0) is 25.4. The lowest BCUT2D eigenvalue weighted by Crippen LogP contribution is -2.45. The van der Waals surface area contributed by atoms with Gasteiger partial charge in [-0.25, -0.2) is 18.2 Å². The summed E-state index contributed by atoms with van der Waals surface area (Å²) in [6, 6.07) is 1.50. The van der Waals surface area contributed by atoms with Crippen molar-refractivity contribution in [2.45, 2.75) is 50.2 Å². The molecule has 13 heteroatoms.